The van der Waals surface area contributed by atoms with Crippen molar-refractivity contribution in [1.29, 1.82) is 5.41 Å². The smallest absolute Gasteiger partial charge is 0.480 e. The van der Waals surface area contributed by atoms with E-state index in [2.05, 4.69) is 27.7 Å². The standard InChI is InChI=1S/C35H58N11O18PS4.Ca/c1-19-20(7-11-47)6-10-44(19)18-45(15-25(50)51)34(39)46(65(59,60)40-9-14-69(61,62)63)31(56)23(8-13-68-43-33(37)38)41-30(55)24(16-66)42-29(54)22(36)5-4-21(49)3-2-12-67-35(17-48)28(53)26(52)27(64-35)32(57)58;/h2-3,10,22-24,26-28,39,47-48,52-53H,4-9,11-18,36H2,1H3,(H11-,37,38,40,41,42,43,50,51,54,55,57,58,59,60,61,62,63,66);/q;+2/p+1/b3-2+,39-34?;/t22?,23?,24?,26-,27?,28+,35?;/m0./s1. The first-order valence-corrected chi connectivity index (χ1v) is 26.1. The maximum atomic E-state index is 14.5. The predicted octanol–water partition coefficient (Wildman–Crippen LogP) is -5.49. The van der Waals surface area contributed by atoms with Gasteiger partial charge in [-0.2, -0.15) is 34.7 Å². The number of carboxylic acid groups (broad SMARTS) is 2. The van der Waals surface area contributed by atoms with Gasteiger partial charge >= 0.3 is 57.3 Å². The van der Waals surface area contributed by atoms with E-state index >= 15 is 0 Å². The molecule has 2 rings (SSSR count). The van der Waals surface area contributed by atoms with Crippen LogP contribution in [-0.2, 0) is 48.2 Å². The van der Waals surface area contributed by atoms with Gasteiger partial charge in [-0.05, 0) is 37.3 Å². The molecule has 35 heteroatoms. The third kappa shape index (κ3) is 20.2. The average Bonchev–Trinajstić information content (AvgIpc) is 3.73. The number of ketones is 1. The summed E-state index contributed by atoms with van der Waals surface area (Å²) in [7, 11) is -10.3. The van der Waals surface area contributed by atoms with Gasteiger partial charge in [0.25, 0.3) is 16.0 Å². The van der Waals surface area contributed by atoms with E-state index in [1.54, 1.807) is 13.1 Å². The maximum absolute atomic E-state index is 14.5. The number of amides is 3. The summed E-state index contributed by atoms with van der Waals surface area (Å²) in [5, 5.41) is 74.1. The number of ether oxygens (including phenoxy) is 1. The van der Waals surface area contributed by atoms with Crippen LogP contribution in [0.4, 0.5) is 0 Å². The fourth-order valence-electron chi connectivity index (χ4n) is 6.31. The van der Waals surface area contributed by atoms with Crippen LogP contribution < -0.4 is 32.9 Å². The largest absolute Gasteiger partial charge is 2.00 e. The molecule has 1 saturated heterocycles. The summed E-state index contributed by atoms with van der Waals surface area (Å²) in [6.07, 6.45) is -2.00. The van der Waals surface area contributed by atoms with Crippen LogP contribution in [0.5, 0.6) is 0 Å². The molecule has 0 aliphatic carbocycles. The Bertz CT molecular complexity index is 2190. The molecule has 0 aromatic rings. The van der Waals surface area contributed by atoms with E-state index in [0.29, 0.717) is 40.7 Å². The average molecular weight is 1120 g/mol. The van der Waals surface area contributed by atoms with E-state index in [-0.39, 0.29) is 79.8 Å². The molecular weight excluding hydrogens is 1060 g/mol. The number of hydrogen-bond acceptors (Lipinski definition) is 20. The first-order chi connectivity index (χ1) is 32.1. The van der Waals surface area contributed by atoms with E-state index in [1.165, 1.54) is 10.7 Å². The monoisotopic (exact) mass is 1120 g/mol. The number of aliphatic carboxylic acids is 2. The van der Waals surface area contributed by atoms with Crippen LogP contribution in [0.15, 0.2) is 27.8 Å². The van der Waals surface area contributed by atoms with Crippen LogP contribution in [0, 0.1) is 5.41 Å². The van der Waals surface area contributed by atoms with E-state index in [4.69, 9.17) is 27.3 Å². The minimum absolute atomic E-state index is 0. The zero-order chi connectivity index (χ0) is 52.4. The van der Waals surface area contributed by atoms with Gasteiger partial charge in [0.2, 0.25) is 24.4 Å². The number of allylic oxidation sites excluding steroid dienone is 2. The van der Waals surface area contributed by atoms with Gasteiger partial charge in [-0.1, -0.05) is 6.08 Å². The van der Waals surface area contributed by atoms with Crippen LogP contribution in [0.25, 0.3) is 0 Å². The van der Waals surface area contributed by atoms with Gasteiger partial charge in [-0.15, -0.1) is 11.8 Å². The van der Waals surface area contributed by atoms with Crippen LogP contribution in [0.1, 0.15) is 39.0 Å². The Morgan fingerprint density at radius 3 is 2.31 bits per heavy atom. The Morgan fingerprint density at radius 1 is 1.13 bits per heavy atom. The van der Waals surface area contributed by atoms with Gasteiger partial charge in [-0.3, -0.25) is 38.8 Å². The van der Waals surface area contributed by atoms with Crippen LogP contribution in [-0.4, -0.2) is 251 Å². The third-order valence-electron chi connectivity index (χ3n) is 9.96. The molecule has 2 heterocycles. The Kier molecular flexibility index (Phi) is 28.1. The van der Waals surface area contributed by atoms with Crippen molar-refractivity contribution in [2.45, 2.75) is 80.4 Å². The summed E-state index contributed by atoms with van der Waals surface area (Å²) in [5.74, 6) is -10.9. The Hall–Kier alpha value is -2.96. The fraction of sp³-hybridized carbons (Fsp3) is 0.629. The number of nitrogens with one attached hydrogen (secondary N) is 4. The number of rotatable bonds is 30. The molecule has 70 heavy (non-hydrogen) atoms. The van der Waals surface area contributed by atoms with Crippen molar-refractivity contribution in [3.63, 3.8) is 0 Å². The van der Waals surface area contributed by atoms with Gasteiger partial charge in [0, 0.05) is 49.3 Å². The Morgan fingerprint density at radius 2 is 1.77 bits per heavy atom. The van der Waals surface area contributed by atoms with Crippen molar-refractivity contribution in [1.82, 2.24) is 25.3 Å². The molecule has 29 nitrogen and oxygen atoms in total. The molecule has 8 atom stereocenters. The first-order valence-electron chi connectivity index (χ1n) is 20.4. The summed E-state index contributed by atoms with van der Waals surface area (Å²) in [5.41, 5.74) is 18.1. The zero-order valence-electron chi connectivity index (χ0n) is 37.6. The van der Waals surface area contributed by atoms with Crippen molar-refractivity contribution in [2.24, 2.45) is 21.6 Å². The van der Waals surface area contributed by atoms with Crippen LogP contribution >= 0.6 is 44.0 Å². The number of aliphatic hydroxyl groups excluding tert-OH is 4. The van der Waals surface area contributed by atoms with Crippen molar-refractivity contribution in [3.8, 4) is 0 Å². The summed E-state index contributed by atoms with van der Waals surface area (Å²) in [6, 6.07) is -4.93. The molecular formula is C35H59CaN11O18PS4+3. The van der Waals surface area contributed by atoms with Crippen molar-refractivity contribution >= 4 is 145 Å². The van der Waals surface area contributed by atoms with Gasteiger partial charge in [0.05, 0.1) is 24.8 Å². The van der Waals surface area contributed by atoms with Crippen LogP contribution in [0.3, 0.4) is 0 Å². The molecule has 0 radical (unpaired) electrons. The number of thioether (sulfide) groups is 1. The van der Waals surface area contributed by atoms with E-state index in [9.17, 15) is 81.8 Å². The van der Waals surface area contributed by atoms with Gasteiger partial charge in [0.1, 0.15) is 30.8 Å². The second-order valence-corrected chi connectivity index (χ2v) is 20.9. The fourth-order valence-corrected chi connectivity index (χ4v) is 10.0. The van der Waals surface area contributed by atoms with Crippen molar-refractivity contribution in [2.75, 3.05) is 56.0 Å². The molecule has 2 aliphatic rings. The van der Waals surface area contributed by atoms with E-state index in [0.717, 1.165) is 11.6 Å². The number of carboxylic acids is 2. The Labute approximate surface area is 445 Å². The molecule has 0 aromatic carbocycles. The minimum atomic E-state index is -5.53. The summed E-state index contributed by atoms with van der Waals surface area (Å²) in [6.45, 7) is -2.02. The van der Waals surface area contributed by atoms with Crippen molar-refractivity contribution < 1.29 is 91.1 Å². The number of thiol groups is 1. The topological polar surface area (TPSA) is 485 Å². The number of nitrogens with zero attached hydrogens (tertiary/aromatic N) is 4. The maximum Gasteiger partial charge on any atom is 2.00 e. The molecule has 0 bridgehead atoms. The number of carbonyl (C=O) groups is 6. The molecule has 0 spiro atoms. The number of hydrogen-bond donors (Lipinski definition) is 16. The quantitative estimate of drug-likeness (QED) is 0.00305. The Balaban J connectivity index is 0.0000245. The second kappa shape index (κ2) is 30.3. The second-order valence-electron chi connectivity index (χ2n) is 15.0. The predicted molar refractivity (Wildman–Crippen MR) is 258 cm³/mol. The molecule has 6 unspecified atom stereocenters. The van der Waals surface area contributed by atoms with Crippen molar-refractivity contribution in [3.05, 3.63) is 23.4 Å². The summed E-state index contributed by atoms with van der Waals surface area (Å²) < 4.78 is 56.5. The number of aliphatic hydroxyl groups is 4. The molecule has 18 N–H and O–H groups in total. The third-order valence-corrected chi connectivity index (χ3v) is 14.7. The number of carbonyl (C=O) groups excluding carboxylic acids is 4. The molecule has 1 fully saturated rings. The molecule has 2 aliphatic heterocycles. The minimum Gasteiger partial charge on any atom is -0.480 e. The first kappa shape index (κ1) is 65.1. The number of nitrogens with two attached hydrogens (primary N) is 3. The SMILES string of the molecule is CC1=C(CCO)CC=[N+]1CN(CC(=O)O)C(=N)N(C(=O)C(CCSN=C(N)N)NC(=O)C(CS)NC(=O)C(N)CCC(=O)/C=C/CSC1(CO)OC(C(=O)O)[C@H](O)[C@H]1O)P(=O)(O)NCCS(=O)(=O)O.[Ca+2]. The molecule has 0 aromatic heterocycles. The van der Waals surface area contributed by atoms with E-state index in [1.807, 2.05) is 5.09 Å². The number of guanidine groups is 2. The van der Waals surface area contributed by atoms with Crippen LogP contribution in [0.2, 0.25) is 0 Å². The molecule has 3 amide bonds. The summed E-state index contributed by atoms with van der Waals surface area (Å²) >= 11 is 5.50. The summed E-state index contributed by atoms with van der Waals surface area (Å²) in [4.78, 5) is 87.5. The zero-order valence-corrected chi connectivity index (χ0v) is 44.0. The normalized spacial score (nSPS) is 21.1. The van der Waals surface area contributed by atoms with Gasteiger partial charge < -0.3 is 68.1 Å². The molecule has 390 valence electrons. The van der Waals surface area contributed by atoms with Gasteiger partial charge in [-0.25, -0.2) is 14.4 Å². The molecule has 0 saturated carbocycles. The van der Waals surface area contributed by atoms with Gasteiger partial charge in [0.15, 0.2) is 34.7 Å². The van der Waals surface area contributed by atoms with E-state index < -0.39 is 151 Å².